The number of unbranched alkanes of at least 4 members (excludes halogenated alkanes) is 4. The number of ether oxygens (including phenoxy) is 20. The summed E-state index contributed by atoms with van der Waals surface area (Å²) in [6, 6.07) is 110. The van der Waals surface area contributed by atoms with Gasteiger partial charge in [-0.2, -0.15) is 0 Å². The van der Waals surface area contributed by atoms with E-state index in [1.54, 1.807) is 0 Å². The molecule has 16 rings (SSSR count). The van der Waals surface area contributed by atoms with Crippen LogP contribution in [0.5, 0.6) is 0 Å². The van der Waals surface area contributed by atoms with Crippen molar-refractivity contribution in [3.05, 3.63) is 408 Å². The van der Waals surface area contributed by atoms with Crippen LogP contribution >= 0.6 is 0 Å². The molecular weight excluding hydrogens is 1630 g/mol. The van der Waals surface area contributed by atoms with Crippen LogP contribution in [0.3, 0.4) is 0 Å². The van der Waals surface area contributed by atoms with Crippen molar-refractivity contribution in [3.63, 3.8) is 0 Å². The number of rotatable bonds is 47. The largest absolute Gasteiger partial charge is 0.374 e. The average Bonchev–Trinajstić information content (AvgIpc) is 0.744. The van der Waals surface area contributed by atoms with E-state index in [1.807, 2.05) is 347 Å². The topological polar surface area (TPSA) is 185 Å². The summed E-state index contributed by atoms with van der Waals surface area (Å²) < 4.78 is 150. The summed E-state index contributed by atoms with van der Waals surface area (Å²) in [5, 5.41) is 0. The number of benzene rings is 11. The van der Waals surface area contributed by atoms with Crippen LogP contribution in [0.15, 0.2) is 346 Å². The fourth-order valence-corrected chi connectivity index (χ4v) is 17.1. The predicted octanol–water partition coefficient (Wildman–Crippen LogP) is 19.4. The van der Waals surface area contributed by atoms with Gasteiger partial charge in [-0.15, -0.1) is 6.58 Å². The standard InChI is InChI=1S/C109H120O20/c1-3-4-5-6-7-41-64-112-106-101(118-72-86-56-33-15-34-57-86)99(117-71-85-54-31-14-32-55-85)95(91(123-106)76-111-66-80-44-21-9-22-45-80)127-109-104(129-107-102(119-73-87-58-35-16-36-59-87)97(115-69-83-50-27-12-28-51-83)93(78(2)122-107)113-67-81-46-23-10-24-47-81)100(96-92(125-109)77-121-105(126-96)89-62-39-18-40-63-89)128-108-103(120-74-88-60-37-17-38-61-88)98(116-70-84-52-29-13-30-53-84)94(114-68-82-48-25-11-26-49-82)90(124-108)75-110-65-79-42-19-8-20-43-79/h3,8-40,42-63,78,90-109H,1,4-7,41,64-77H2,2H3/t78-,90+,91+,92+,93+,94-,95+,96-,97+,98-,99-,100-,101+,102-,103+,104+,105?,106+,107-,108+,109-/m0/s1. The number of hydrogen-bond donors (Lipinski definition) is 0. The smallest absolute Gasteiger partial charge is 0.187 e. The van der Waals surface area contributed by atoms with Crippen LogP contribution in [0.2, 0.25) is 0 Å². The Labute approximate surface area is 758 Å². The van der Waals surface area contributed by atoms with Crippen LogP contribution in [0.1, 0.15) is 107 Å². The molecule has 20 nitrogen and oxygen atoms in total. The van der Waals surface area contributed by atoms with Gasteiger partial charge in [-0.1, -0.05) is 353 Å². The van der Waals surface area contributed by atoms with E-state index >= 15 is 0 Å². The van der Waals surface area contributed by atoms with Crippen molar-refractivity contribution >= 4 is 0 Å². The van der Waals surface area contributed by atoms with E-state index in [-0.39, 0.29) is 85.9 Å². The molecule has 5 fully saturated rings. The van der Waals surface area contributed by atoms with Crippen LogP contribution in [0.25, 0.3) is 0 Å². The average molecular weight is 1750 g/mol. The lowest BCUT2D eigenvalue weighted by molar-refractivity contribution is -0.430. The predicted molar refractivity (Wildman–Crippen MR) is 487 cm³/mol. The van der Waals surface area contributed by atoms with Gasteiger partial charge < -0.3 is 94.7 Å². The molecular formula is C109H120O20. The second-order valence-corrected chi connectivity index (χ2v) is 33.3. The molecule has 20 heteroatoms. The molecule has 5 saturated heterocycles. The lowest BCUT2D eigenvalue weighted by Crippen LogP contribution is -2.70. The fraction of sp³-hybridized carbons (Fsp3) is 0.376. The van der Waals surface area contributed by atoms with Gasteiger partial charge in [0.2, 0.25) is 0 Å². The first kappa shape index (κ1) is 92.6. The molecule has 5 aliphatic rings. The van der Waals surface area contributed by atoms with Gasteiger partial charge >= 0.3 is 0 Å². The first-order valence-corrected chi connectivity index (χ1v) is 45.5. The van der Waals surface area contributed by atoms with Gasteiger partial charge in [0, 0.05) is 12.2 Å². The van der Waals surface area contributed by atoms with Crippen molar-refractivity contribution in [2.45, 2.75) is 234 Å². The summed E-state index contributed by atoms with van der Waals surface area (Å²) in [6.07, 6.45) is -16.1. The lowest BCUT2D eigenvalue weighted by atomic mass is 9.94. The second-order valence-electron chi connectivity index (χ2n) is 33.3. The highest BCUT2D eigenvalue weighted by molar-refractivity contribution is 5.23. The van der Waals surface area contributed by atoms with Crippen molar-refractivity contribution in [1.29, 1.82) is 0 Å². The van der Waals surface area contributed by atoms with Crippen molar-refractivity contribution in [2.24, 2.45) is 0 Å². The Bertz CT molecular complexity index is 4920. The Balaban J connectivity index is 0.871. The van der Waals surface area contributed by atoms with E-state index in [0.29, 0.717) is 6.61 Å². The van der Waals surface area contributed by atoms with E-state index in [0.717, 1.165) is 93.3 Å². The van der Waals surface area contributed by atoms with Crippen LogP contribution in [-0.2, 0) is 161 Å². The molecule has 676 valence electrons. The van der Waals surface area contributed by atoms with E-state index in [9.17, 15) is 0 Å². The molecule has 0 bridgehead atoms. The van der Waals surface area contributed by atoms with E-state index < -0.39 is 129 Å². The summed E-state index contributed by atoms with van der Waals surface area (Å²) >= 11 is 0. The maximum Gasteiger partial charge on any atom is 0.187 e. The quantitative estimate of drug-likeness (QED) is 0.0259. The van der Waals surface area contributed by atoms with Gasteiger partial charge in [-0.05, 0) is 81.8 Å². The molecule has 0 radical (unpaired) electrons. The zero-order valence-corrected chi connectivity index (χ0v) is 73.3. The summed E-state index contributed by atoms with van der Waals surface area (Å²) in [5.41, 5.74) is 9.96. The Hall–Kier alpha value is -9.64. The zero-order chi connectivity index (χ0) is 87.7. The summed E-state index contributed by atoms with van der Waals surface area (Å²) in [7, 11) is 0. The third kappa shape index (κ3) is 26.8. The lowest BCUT2D eigenvalue weighted by Gasteiger charge is -2.54. The Kier molecular flexibility index (Phi) is 35.6. The van der Waals surface area contributed by atoms with Gasteiger partial charge in [0.1, 0.15) is 91.6 Å². The van der Waals surface area contributed by atoms with E-state index in [1.165, 1.54) is 0 Å². The zero-order valence-electron chi connectivity index (χ0n) is 73.3. The highest BCUT2D eigenvalue weighted by Crippen LogP contribution is 2.44. The Morgan fingerprint density at radius 1 is 0.271 bits per heavy atom. The molecule has 11 aromatic carbocycles. The van der Waals surface area contributed by atoms with Gasteiger partial charge in [0.05, 0.1) is 92.0 Å². The normalized spacial score (nSPS) is 26.9. The van der Waals surface area contributed by atoms with Gasteiger partial charge in [0.25, 0.3) is 0 Å². The summed E-state index contributed by atoms with van der Waals surface area (Å²) in [5.74, 6) is 0. The van der Waals surface area contributed by atoms with Crippen molar-refractivity contribution < 1.29 is 94.7 Å². The van der Waals surface area contributed by atoms with Gasteiger partial charge in [-0.3, -0.25) is 0 Å². The van der Waals surface area contributed by atoms with Crippen molar-refractivity contribution in [1.82, 2.24) is 0 Å². The monoisotopic (exact) mass is 1750 g/mol. The molecule has 1 unspecified atom stereocenters. The summed E-state index contributed by atoms with van der Waals surface area (Å²) in [6.45, 7) is 7.90. The third-order valence-corrected chi connectivity index (χ3v) is 23.8. The van der Waals surface area contributed by atoms with Crippen LogP contribution < -0.4 is 0 Å². The minimum Gasteiger partial charge on any atom is -0.374 e. The number of fused-ring (bicyclic) bond motifs is 1. The molecule has 0 amide bonds. The van der Waals surface area contributed by atoms with E-state index in [4.69, 9.17) is 94.7 Å². The Morgan fingerprint density at radius 3 is 0.984 bits per heavy atom. The molecule has 0 aliphatic carbocycles. The molecule has 11 aromatic rings. The third-order valence-electron chi connectivity index (χ3n) is 23.8. The highest BCUT2D eigenvalue weighted by Gasteiger charge is 2.61. The van der Waals surface area contributed by atoms with Crippen LogP contribution in [-0.4, -0.2) is 149 Å². The van der Waals surface area contributed by atoms with Crippen LogP contribution in [0, 0.1) is 0 Å². The van der Waals surface area contributed by atoms with Gasteiger partial charge in [0.15, 0.2) is 31.5 Å². The molecule has 0 spiro atoms. The number of hydrogen-bond acceptors (Lipinski definition) is 20. The maximum absolute atomic E-state index is 8.27. The second kappa shape index (κ2) is 49.6. The van der Waals surface area contributed by atoms with Crippen LogP contribution in [0.4, 0.5) is 0 Å². The molecule has 5 aliphatic heterocycles. The van der Waals surface area contributed by atoms with Gasteiger partial charge in [-0.25, -0.2) is 0 Å². The summed E-state index contributed by atoms with van der Waals surface area (Å²) in [4.78, 5) is 0. The van der Waals surface area contributed by atoms with E-state index in [2.05, 4.69) is 6.58 Å². The number of allylic oxidation sites excluding steroid dienone is 1. The molecule has 0 N–H and O–H groups in total. The first-order valence-electron chi connectivity index (χ1n) is 45.5. The molecule has 5 heterocycles. The molecule has 21 atom stereocenters. The highest BCUT2D eigenvalue weighted by atomic mass is 16.8. The van der Waals surface area contributed by atoms with Crippen molar-refractivity contribution in [2.75, 3.05) is 26.4 Å². The molecule has 0 saturated carbocycles. The molecule has 129 heavy (non-hydrogen) atoms. The SMILES string of the molecule is C=CCCCCCCO[C@@H]1O[C@H](COCc2ccccc2)[C@@H](O[C@@H]2O[C@@H]3COC(c4ccccc4)O[C@@H]3[C@H](O[C@H]3O[C@H](COCc4ccccc4)[C@H](OCc4ccccc4)[C@H](OCc4ccccc4)[C@H]3OCc3ccccc3)[C@H]2O[C@@H]2O[C@@H](C)[C@@H](OCc3ccccc3)[C@@H](OCc3ccccc3)[C@@H]2OCc2ccccc2)[C@H](OCc2ccccc2)[C@H]1OCc1ccccc1. The van der Waals surface area contributed by atoms with Crippen molar-refractivity contribution in [3.8, 4) is 0 Å². The molecule has 0 aromatic heterocycles. The minimum atomic E-state index is -1.53. The maximum atomic E-state index is 8.27. The Morgan fingerprint density at radius 2 is 0.574 bits per heavy atom. The first-order chi connectivity index (χ1) is 63.9. The fourth-order valence-electron chi connectivity index (χ4n) is 17.1. The minimum absolute atomic E-state index is 0.0105.